The Morgan fingerprint density at radius 3 is 2.42 bits per heavy atom. The van der Waals surface area contributed by atoms with E-state index in [2.05, 4.69) is 5.32 Å². The van der Waals surface area contributed by atoms with E-state index in [0.29, 0.717) is 38.4 Å². The molecule has 0 saturated heterocycles. The molecule has 0 rings (SSSR count). The van der Waals surface area contributed by atoms with Crippen molar-refractivity contribution in [2.45, 2.75) is 46.1 Å². The molecule has 0 fully saturated rings. The van der Waals surface area contributed by atoms with E-state index in [-0.39, 0.29) is 5.91 Å². The molecular formula is C13H25ClN2O3. The van der Waals surface area contributed by atoms with Gasteiger partial charge in [-0.3, -0.25) is 4.79 Å². The van der Waals surface area contributed by atoms with Crippen LogP contribution in [0.3, 0.4) is 0 Å². The molecule has 0 heterocycles. The molecular weight excluding hydrogens is 268 g/mol. The second-order valence-corrected chi connectivity index (χ2v) is 5.57. The summed E-state index contributed by atoms with van der Waals surface area (Å²) in [6.45, 7) is 9.12. The van der Waals surface area contributed by atoms with Crippen molar-refractivity contribution < 1.29 is 14.3 Å². The molecule has 0 spiro atoms. The third-order valence-electron chi connectivity index (χ3n) is 2.32. The molecule has 5 nitrogen and oxygen atoms in total. The molecule has 0 atom stereocenters. The van der Waals surface area contributed by atoms with Crippen molar-refractivity contribution in [2.24, 2.45) is 0 Å². The van der Waals surface area contributed by atoms with Gasteiger partial charge in [-0.05, 0) is 34.1 Å². The van der Waals surface area contributed by atoms with Crippen LogP contribution < -0.4 is 5.32 Å². The zero-order valence-electron chi connectivity index (χ0n) is 12.3. The van der Waals surface area contributed by atoms with Crippen LogP contribution in [0.1, 0.15) is 40.5 Å². The van der Waals surface area contributed by atoms with Crippen molar-refractivity contribution in [3.05, 3.63) is 0 Å². The molecule has 0 bridgehead atoms. The number of carbonyl (C=O) groups excluding carboxylic acids is 2. The summed E-state index contributed by atoms with van der Waals surface area (Å²) in [6, 6.07) is 0. The third kappa shape index (κ3) is 9.59. The Morgan fingerprint density at radius 2 is 1.95 bits per heavy atom. The molecule has 0 aliphatic heterocycles. The standard InChI is InChI=1S/C13H25ClN2O3/c1-5-16(11(17)7-8-14)10-6-9-15-12(18)19-13(2,3)4/h5-10H2,1-4H3,(H,15,18). The lowest BCUT2D eigenvalue weighted by molar-refractivity contribution is -0.130. The summed E-state index contributed by atoms with van der Waals surface area (Å²) >= 11 is 5.54. The Hall–Kier alpha value is -0.970. The van der Waals surface area contributed by atoms with Crippen LogP contribution in [0.2, 0.25) is 0 Å². The largest absolute Gasteiger partial charge is 0.444 e. The van der Waals surface area contributed by atoms with E-state index in [1.165, 1.54) is 0 Å². The zero-order valence-corrected chi connectivity index (χ0v) is 13.0. The van der Waals surface area contributed by atoms with Gasteiger partial charge in [0.15, 0.2) is 0 Å². The number of ether oxygens (including phenoxy) is 1. The van der Waals surface area contributed by atoms with Gasteiger partial charge in [0.2, 0.25) is 5.91 Å². The van der Waals surface area contributed by atoms with Crippen LogP contribution in [0.25, 0.3) is 0 Å². The van der Waals surface area contributed by atoms with Crippen LogP contribution >= 0.6 is 11.6 Å². The first-order valence-electron chi connectivity index (χ1n) is 6.60. The third-order valence-corrected chi connectivity index (χ3v) is 2.50. The van der Waals surface area contributed by atoms with Gasteiger partial charge in [0.1, 0.15) is 5.60 Å². The van der Waals surface area contributed by atoms with Gasteiger partial charge in [-0.25, -0.2) is 4.79 Å². The molecule has 0 aromatic heterocycles. The van der Waals surface area contributed by atoms with E-state index in [0.717, 1.165) is 0 Å². The molecule has 6 heteroatoms. The molecule has 112 valence electrons. The molecule has 19 heavy (non-hydrogen) atoms. The fraction of sp³-hybridized carbons (Fsp3) is 0.846. The predicted octanol–water partition coefficient (Wildman–Crippen LogP) is 2.38. The number of nitrogens with zero attached hydrogens (tertiary/aromatic N) is 1. The van der Waals surface area contributed by atoms with E-state index in [4.69, 9.17) is 16.3 Å². The lowest BCUT2D eigenvalue weighted by Gasteiger charge is -2.22. The monoisotopic (exact) mass is 292 g/mol. The highest BCUT2D eigenvalue weighted by atomic mass is 35.5. The SMILES string of the molecule is CCN(CCCNC(=O)OC(C)(C)C)C(=O)CCCl. The first-order chi connectivity index (χ1) is 8.80. The van der Waals surface area contributed by atoms with Crippen molar-refractivity contribution in [3.63, 3.8) is 0 Å². The zero-order chi connectivity index (χ0) is 14.9. The predicted molar refractivity (Wildman–Crippen MR) is 76.4 cm³/mol. The summed E-state index contributed by atoms with van der Waals surface area (Å²) in [4.78, 5) is 24.7. The number of hydrogen-bond donors (Lipinski definition) is 1. The number of rotatable bonds is 7. The molecule has 1 N–H and O–H groups in total. The second kappa shape index (κ2) is 9.02. The van der Waals surface area contributed by atoms with E-state index in [1.807, 2.05) is 27.7 Å². The number of alkyl halides is 1. The Kier molecular flexibility index (Phi) is 8.56. The molecule has 0 radical (unpaired) electrons. The van der Waals surface area contributed by atoms with Crippen LogP contribution in [0.15, 0.2) is 0 Å². The summed E-state index contributed by atoms with van der Waals surface area (Å²) < 4.78 is 5.11. The average molecular weight is 293 g/mol. The number of halogens is 1. The first-order valence-corrected chi connectivity index (χ1v) is 7.14. The lowest BCUT2D eigenvalue weighted by atomic mass is 10.2. The van der Waals surface area contributed by atoms with Crippen molar-refractivity contribution in [1.29, 1.82) is 0 Å². The van der Waals surface area contributed by atoms with Gasteiger partial charge in [0.05, 0.1) is 0 Å². The molecule has 0 aliphatic carbocycles. The minimum absolute atomic E-state index is 0.0507. The number of carbonyl (C=O) groups is 2. The van der Waals surface area contributed by atoms with Crippen molar-refractivity contribution in [1.82, 2.24) is 10.2 Å². The molecule has 0 aliphatic rings. The van der Waals surface area contributed by atoms with E-state index >= 15 is 0 Å². The number of nitrogens with one attached hydrogen (secondary N) is 1. The van der Waals surface area contributed by atoms with Gasteiger partial charge in [-0.15, -0.1) is 11.6 Å². The Bertz CT molecular complexity index is 290. The summed E-state index contributed by atoms with van der Waals surface area (Å²) in [6.07, 6.45) is 0.623. The van der Waals surface area contributed by atoms with Crippen molar-refractivity contribution in [2.75, 3.05) is 25.5 Å². The second-order valence-electron chi connectivity index (χ2n) is 5.19. The minimum Gasteiger partial charge on any atom is -0.444 e. The summed E-state index contributed by atoms with van der Waals surface area (Å²) in [5, 5.41) is 2.66. The Labute approximate surface area is 120 Å². The maximum absolute atomic E-state index is 11.6. The van der Waals surface area contributed by atoms with Gasteiger partial charge in [-0.1, -0.05) is 0 Å². The molecule has 0 saturated carbocycles. The molecule has 2 amide bonds. The van der Waals surface area contributed by atoms with Gasteiger partial charge in [0.25, 0.3) is 0 Å². The van der Waals surface area contributed by atoms with Gasteiger partial charge in [-0.2, -0.15) is 0 Å². The van der Waals surface area contributed by atoms with Crippen molar-refractivity contribution >= 4 is 23.6 Å². The normalized spacial score (nSPS) is 11.0. The summed E-state index contributed by atoms with van der Waals surface area (Å²) in [5.41, 5.74) is -0.490. The summed E-state index contributed by atoms with van der Waals surface area (Å²) in [7, 11) is 0. The maximum Gasteiger partial charge on any atom is 0.407 e. The lowest BCUT2D eigenvalue weighted by Crippen LogP contribution is -2.36. The first kappa shape index (κ1) is 18.0. The Morgan fingerprint density at radius 1 is 1.32 bits per heavy atom. The van der Waals surface area contributed by atoms with Gasteiger partial charge in [0, 0.05) is 31.9 Å². The van der Waals surface area contributed by atoms with Gasteiger partial charge < -0.3 is 15.0 Å². The van der Waals surface area contributed by atoms with Crippen LogP contribution in [-0.4, -0.2) is 48.0 Å². The van der Waals surface area contributed by atoms with Gasteiger partial charge >= 0.3 is 6.09 Å². The number of alkyl carbamates (subject to hydrolysis) is 1. The molecule has 0 aromatic rings. The summed E-state index contributed by atoms with van der Waals surface area (Å²) in [5.74, 6) is 0.389. The highest BCUT2D eigenvalue weighted by Crippen LogP contribution is 2.06. The number of hydrogen-bond acceptors (Lipinski definition) is 3. The topological polar surface area (TPSA) is 58.6 Å². The highest BCUT2D eigenvalue weighted by molar-refractivity contribution is 6.18. The van der Waals surface area contributed by atoms with E-state index in [9.17, 15) is 9.59 Å². The average Bonchev–Trinajstić information content (AvgIpc) is 2.27. The Balaban J connectivity index is 3.83. The van der Waals surface area contributed by atoms with Crippen LogP contribution in [-0.2, 0) is 9.53 Å². The van der Waals surface area contributed by atoms with E-state index in [1.54, 1.807) is 4.90 Å². The van der Waals surface area contributed by atoms with Crippen LogP contribution in [0, 0.1) is 0 Å². The smallest absolute Gasteiger partial charge is 0.407 e. The highest BCUT2D eigenvalue weighted by Gasteiger charge is 2.15. The quantitative estimate of drug-likeness (QED) is 0.579. The van der Waals surface area contributed by atoms with Crippen LogP contribution in [0.4, 0.5) is 4.79 Å². The minimum atomic E-state index is -0.490. The fourth-order valence-corrected chi connectivity index (χ4v) is 1.63. The maximum atomic E-state index is 11.6. The molecule has 0 aromatic carbocycles. The van der Waals surface area contributed by atoms with Crippen LogP contribution in [0.5, 0.6) is 0 Å². The number of amides is 2. The van der Waals surface area contributed by atoms with E-state index < -0.39 is 11.7 Å². The molecule has 0 unspecified atom stereocenters. The van der Waals surface area contributed by atoms with Crippen molar-refractivity contribution in [3.8, 4) is 0 Å². The fourth-order valence-electron chi connectivity index (χ4n) is 1.47.